The Hall–Kier alpha value is -2.49. The zero-order valence-electron chi connectivity index (χ0n) is 15.9. The average molecular weight is 380 g/mol. The molecule has 0 aromatic carbocycles. The molecule has 1 fully saturated rings. The Bertz CT molecular complexity index is 350. The molecule has 26 heavy (non-hydrogen) atoms. The summed E-state index contributed by atoms with van der Waals surface area (Å²) in [5.41, 5.74) is 6.74. The molecule has 0 amide bonds. The van der Waals surface area contributed by atoms with E-state index in [9.17, 15) is 0 Å². The summed E-state index contributed by atoms with van der Waals surface area (Å²) in [4.78, 5) is 40.4. The molecule has 0 aliphatic heterocycles. The number of carbonyl (C=O) groups is 4. The highest BCUT2D eigenvalue weighted by atomic mass is 16.4. The number of rotatable bonds is 2. The van der Waals surface area contributed by atoms with Crippen LogP contribution in [0.25, 0.3) is 0 Å². The van der Waals surface area contributed by atoms with Gasteiger partial charge in [-0.25, -0.2) is 0 Å². The number of aliphatic carboxylic acids is 4. The van der Waals surface area contributed by atoms with Crippen LogP contribution in [0.1, 0.15) is 59.8 Å². The lowest BCUT2D eigenvalue weighted by Gasteiger charge is -2.11. The lowest BCUT2D eigenvalue weighted by Crippen LogP contribution is -2.09. The number of carboxylic acid groups (broad SMARTS) is 4. The van der Waals surface area contributed by atoms with Gasteiger partial charge in [-0.1, -0.05) is 6.42 Å². The van der Waals surface area contributed by atoms with Crippen LogP contribution in [-0.4, -0.2) is 63.1 Å². The van der Waals surface area contributed by atoms with E-state index in [4.69, 9.17) is 45.3 Å². The lowest BCUT2D eigenvalue weighted by atomic mass is 9.99. The smallest absolute Gasteiger partial charge is 0.300 e. The second-order valence-corrected chi connectivity index (χ2v) is 4.87. The molecule has 0 heterocycles. The van der Waals surface area contributed by atoms with Crippen LogP contribution in [0.2, 0.25) is 0 Å². The van der Waals surface area contributed by atoms with E-state index in [1.165, 1.54) is 37.8 Å². The van der Waals surface area contributed by atoms with Gasteiger partial charge in [0, 0.05) is 40.0 Å². The lowest BCUT2D eigenvalue weighted by molar-refractivity contribution is -0.135. The van der Waals surface area contributed by atoms with Crippen LogP contribution in [0.3, 0.4) is 0 Å². The molecule has 0 saturated heterocycles. The molecule has 0 atom stereocenters. The molecule has 1 saturated carbocycles. The van der Waals surface area contributed by atoms with Crippen molar-refractivity contribution < 1.29 is 39.6 Å². The number of hydrogen-bond donors (Lipinski definition) is 5. The first-order valence-electron chi connectivity index (χ1n) is 7.87. The van der Waals surface area contributed by atoms with Crippen LogP contribution in [0.5, 0.6) is 0 Å². The van der Waals surface area contributed by atoms with Crippen molar-refractivity contribution in [1.82, 2.24) is 0 Å². The Balaban J connectivity index is -0.000000129. The highest BCUT2D eigenvalue weighted by Gasteiger charge is 2.04. The molecule has 0 spiro atoms. The maximum atomic E-state index is 9.00. The number of carboxylic acids is 4. The van der Waals surface area contributed by atoms with Crippen molar-refractivity contribution in [2.75, 3.05) is 13.1 Å². The summed E-state index contributed by atoms with van der Waals surface area (Å²) in [5.74, 6) is -3.33. The fourth-order valence-corrected chi connectivity index (χ4v) is 1.34. The van der Waals surface area contributed by atoms with Crippen molar-refractivity contribution in [3.05, 3.63) is 0 Å². The van der Waals surface area contributed by atoms with Crippen LogP contribution in [-0.2, 0) is 19.2 Å². The Labute approximate surface area is 153 Å². The summed E-state index contributed by atoms with van der Waals surface area (Å²) in [5, 5.41) is 29.7. The Morgan fingerprint density at radius 1 is 0.769 bits per heavy atom. The van der Waals surface area contributed by atoms with Gasteiger partial charge in [-0.3, -0.25) is 24.2 Å². The van der Waals surface area contributed by atoms with E-state index >= 15 is 0 Å². The van der Waals surface area contributed by atoms with E-state index in [1.807, 2.05) is 0 Å². The summed E-state index contributed by atoms with van der Waals surface area (Å²) < 4.78 is 0. The van der Waals surface area contributed by atoms with E-state index in [-0.39, 0.29) is 0 Å². The Morgan fingerprint density at radius 3 is 1.27 bits per heavy atom. The molecule has 1 aliphatic rings. The van der Waals surface area contributed by atoms with Crippen LogP contribution in [0, 0.1) is 0 Å². The predicted octanol–water partition coefficient (Wildman–Crippen LogP) is 1.71. The zero-order valence-corrected chi connectivity index (χ0v) is 15.9. The predicted molar refractivity (Wildman–Crippen MR) is 97.7 cm³/mol. The average Bonchev–Trinajstić information content (AvgIpc) is 2.44. The van der Waals surface area contributed by atoms with E-state index in [0.717, 1.165) is 34.2 Å². The molecule has 0 unspecified atom stereocenters. The molecular formula is C16H32N2O8. The van der Waals surface area contributed by atoms with Crippen LogP contribution in [0.4, 0.5) is 0 Å². The van der Waals surface area contributed by atoms with E-state index < -0.39 is 23.9 Å². The van der Waals surface area contributed by atoms with E-state index in [2.05, 4.69) is 4.99 Å². The standard InChI is InChI=1S/C8H16N2.4C2H4O2/c9-6-7-10-8-4-2-1-3-5-8;4*1-2(3)4/h1-7,9H2;4*1H3,(H,3,4). The summed E-state index contributed by atoms with van der Waals surface area (Å²) in [6.07, 6.45) is 6.51. The van der Waals surface area contributed by atoms with Crippen molar-refractivity contribution in [3.63, 3.8) is 0 Å². The first kappa shape index (κ1) is 31.3. The normalized spacial score (nSPS) is 11.2. The highest BCUT2D eigenvalue weighted by Crippen LogP contribution is 2.14. The highest BCUT2D eigenvalue weighted by molar-refractivity contribution is 5.84. The van der Waals surface area contributed by atoms with Gasteiger partial charge in [-0.15, -0.1) is 0 Å². The van der Waals surface area contributed by atoms with E-state index in [1.54, 1.807) is 0 Å². The first-order valence-corrected chi connectivity index (χ1v) is 7.87. The fraction of sp³-hybridized carbons (Fsp3) is 0.688. The molecule has 10 heteroatoms. The molecule has 10 nitrogen and oxygen atoms in total. The van der Waals surface area contributed by atoms with Gasteiger partial charge in [0.2, 0.25) is 0 Å². The van der Waals surface area contributed by atoms with Gasteiger partial charge in [0.25, 0.3) is 23.9 Å². The molecule has 0 radical (unpaired) electrons. The van der Waals surface area contributed by atoms with Crippen LogP contribution in [0.15, 0.2) is 4.99 Å². The Morgan fingerprint density at radius 2 is 1.04 bits per heavy atom. The number of nitrogens with two attached hydrogens (primary N) is 1. The molecule has 6 N–H and O–H groups in total. The monoisotopic (exact) mass is 380 g/mol. The second-order valence-electron chi connectivity index (χ2n) is 4.87. The molecular weight excluding hydrogens is 348 g/mol. The van der Waals surface area contributed by atoms with Gasteiger partial charge in [0.05, 0.1) is 6.54 Å². The number of hydrogen-bond acceptors (Lipinski definition) is 6. The van der Waals surface area contributed by atoms with Gasteiger partial charge < -0.3 is 26.2 Å². The van der Waals surface area contributed by atoms with Gasteiger partial charge in [-0.05, 0) is 25.7 Å². The zero-order chi connectivity index (χ0) is 21.5. The molecule has 0 aromatic heterocycles. The molecule has 1 aliphatic carbocycles. The van der Waals surface area contributed by atoms with Crippen molar-refractivity contribution in [2.45, 2.75) is 59.8 Å². The van der Waals surface area contributed by atoms with Crippen molar-refractivity contribution in [1.29, 1.82) is 0 Å². The quantitative estimate of drug-likeness (QED) is 0.475. The van der Waals surface area contributed by atoms with Gasteiger partial charge in [0.1, 0.15) is 0 Å². The Kier molecular flexibility index (Phi) is 29.8. The van der Waals surface area contributed by atoms with E-state index in [0.29, 0.717) is 6.54 Å². The fourth-order valence-electron chi connectivity index (χ4n) is 1.34. The number of nitrogens with zero attached hydrogens (tertiary/aromatic N) is 1. The van der Waals surface area contributed by atoms with Gasteiger partial charge >= 0.3 is 0 Å². The minimum atomic E-state index is -0.833. The molecule has 1 rings (SSSR count). The molecule has 0 bridgehead atoms. The van der Waals surface area contributed by atoms with Gasteiger partial charge in [-0.2, -0.15) is 0 Å². The maximum absolute atomic E-state index is 9.00. The number of aliphatic imine (C=N–C) groups is 1. The summed E-state index contributed by atoms with van der Waals surface area (Å²) in [6.45, 7) is 5.86. The topological polar surface area (TPSA) is 188 Å². The third-order valence-electron chi connectivity index (χ3n) is 1.90. The summed E-state index contributed by atoms with van der Waals surface area (Å²) in [7, 11) is 0. The largest absolute Gasteiger partial charge is 0.481 e. The third kappa shape index (κ3) is 100. The van der Waals surface area contributed by atoms with Crippen LogP contribution < -0.4 is 5.73 Å². The van der Waals surface area contributed by atoms with Gasteiger partial charge in [0.15, 0.2) is 0 Å². The minimum Gasteiger partial charge on any atom is -0.481 e. The van der Waals surface area contributed by atoms with Crippen molar-refractivity contribution in [2.24, 2.45) is 10.7 Å². The van der Waals surface area contributed by atoms with Crippen LogP contribution >= 0.6 is 0 Å². The van der Waals surface area contributed by atoms with Crippen molar-refractivity contribution in [3.8, 4) is 0 Å². The third-order valence-corrected chi connectivity index (χ3v) is 1.90. The SMILES string of the molecule is CC(=O)O.CC(=O)O.CC(=O)O.CC(=O)O.NCCN=C1CCCCC1. The minimum absolute atomic E-state index is 0.698. The second kappa shape index (κ2) is 24.8. The maximum Gasteiger partial charge on any atom is 0.300 e. The summed E-state index contributed by atoms with van der Waals surface area (Å²) >= 11 is 0. The van der Waals surface area contributed by atoms with Crippen molar-refractivity contribution >= 4 is 29.6 Å². The molecule has 0 aromatic rings. The first-order chi connectivity index (χ1) is 11.9. The summed E-state index contributed by atoms with van der Waals surface area (Å²) in [6, 6.07) is 0. The molecule has 154 valence electrons.